The summed E-state index contributed by atoms with van der Waals surface area (Å²) in [6, 6.07) is 5.19. The van der Waals surface area contributed by atoms with Crippen molar-refractivity contribution in [1.29, 1.82) is 0 Å². The van der Waals surface area contributed by atoms with Gasteiger partial charge in [0, 0.05) is 13.6 Å². The molecule has 0 aliphatic heterocycles. The maximum Gasteiger partial charge on any atom is 0.307 e. The highest BCUT2D eigenvalue weighted by atomic mass is 32.2. The number of carbonyl (C=O) groups excluding carboxylic acids is 1. The molecule has 0 aliphatic rings. The predicted molar refractivity (Wildman–Crippen MR) is 77.0 cm³/mol. The Balaban J connectivity index is 2.85. The van der Waals surface area contributed by atoms with Gasteiger partial charge < -0.3 is 4.74 Å². The third-order valence-corrected chi connectivity index (χ3v) is 4.97. The molecule has 1 rings (SSSR count). The van der Waals surface area contributed by atoms with Crippen molar-refractivity contribution in [2.45, 2.75) is 32.1 Å². The van der Waals surface area contributed by atoms with Crippen molar-refractivity contribution < 1.29 is 17.9 Å². The van der Waals surface area contributed by atoms with Crippen LogP contribution in [0.5, 0.6) is 0 Å². The summed E-state index contributed by atoms with van der Waals surface area (Å²) in [6.07, 6.45) is 0.0501. The average Bonchev–Trinajstić information content (AvgIpc) is 2.35. The summed E-state index contributed by atoms with van der Waals surface area (Å²) in [5, 5.41) is 0. The first-order chi connectivity index (χ1) is 9.28. The number of ether oxygens (including phenoxy) is 1. The first-order valence-electron chi connectivity index (χ1n) is 6.48. The fourth-order valence-electron chi connectivity index (χ4n) is 1.86. The minimum Gasteiger partial charge on any atom is -0.466 e. The third kappa shape index (κ3) is 4.05. The van der Waals surface area contributed by atoms with Crippen LogP contribution in [0.15, 0.2) is 23.1 Å². The molecule has 20 heavy (non-hydrogen) atoms. The van der Waals surface area contributed by atoms with Gasteiger partial charge in [-0.15, -0.1) is 0 Å². The summed E-state index contributed by atoms with van der Waals surface area (Å²) in [7, 11) is -2.11. The lowest BCUT2D eigenvalue weighted by atomic mass is 10.2. The molecule has 0 saturated heterocycles. The van der Waals surface area contributed by atoms with E-state index in [0.717, 1.165) is 5.56 Å². The van der Waals surface area contributed by atoms with Crippen LogP contribution in [0, 0.1) is 13.8 Å². The van der Waals surface area contributed by atoms with Crippen LogP contribution in [0.25, 0.3) is 0 Å². The number of aryl methyl sites for hydroxylation is 2. The lowest BCUT2D eigenvalue weighted by Gasteiger charge is -2.18. The lowest BCUT2D eigenvalue weighted by molar-refractivity contribution is -0.143. The summed E-state index contributed by atoms with van der Waals surface area (Å²) in [4.78, 5) is 11.6. The highest BCUT2D eigenvalue weighted by molar-refractivity contribution is 7.89. The summed E-state index contributed by atoms with van der Waals surface area (Å²) in [5.74, 6) is -0.393. The van der Waals surface area contributed by atoms with E-state index < -0.39 is 16.0 Å². The standard InChI is InChI=1S/C14H21NO4S/c1-5-19-14(16)8-9-15(4)20(17,18)13-7-6-11(2)10-12(13)3/h6-7,10H,5,8-9H2,1-4H3. The molecule has 0 bridgehead atoms. The number of benzene rings is 1. The van der Waals surface area contributed by atoms with E-state index in [1.165, 1.54) is 11.4 Å². The molecule has 0 radical (unpaired) electrons. The molecule has 0 atom stereocenters. The van der Waals surface area contributed by atoms with Gasteiger partial charge in [-0.3, -0.25) is 4.79 Å². The van der Waals surface area contributed by atoms with Gasteiger partial charge in [0.25, 0.3) is 0 Å². The first kappa shape index (κ1) is 16.7. The normalized spacial score (nSPS) is 11.7. The van der Waals surface area contributed by atoms with E-state index in [4.69, 9.17) is 4.74 Å². The Labute approximate surface area is 120 Å². The molecule has 1 aromatic rings. The Morgan fingerprint density at radius 1 is 1.30 bits per heavy atom. The van der Waals surface area contributed by atoms with Gasteiger partial charge in [0.15, 0.2) is 0 Å². The van der Waals surface area contributed by atoms with Crippen molar-refractivity contribution in [2.75, 3.05) is 20.2 Å². The van der Waals surface area contributed by atoms with Gasteiger partial charge in [-0.25, -0.2) is 12.7 Å². The number of sulfonamides is 1. The molecule has 112 valence electrons. The van der Waals surface area contributed by atoms with E-state index in [0.29, 0.717) is 12.2 Å². The second-order valence-corrected chi connectivity index (χ2v) is 6.66. The topological polar surface area (TPSA) is 63.7 Å². The Kier molecular flexibility index (Phi) is 5.71. The van der Waals surface area contributed by atoms with Gasteiger partial charge in [-0.2, -0.15) is 0 Å². The number of rotatable bonds is 6. The fraction of sp³-hybridized carbons (Fsp3) is 0.500. The smallest absolute Gasteiger partial charge is 0.307 e. The zero-order valence-electron chi connectivity index (χ0n) is 12.3. The molecule has 0 aliphatic carbocycles. The number of nitrogens with zero attached hydrogens (tertiary/aromatic N) is 1. The molecule has 1 aromatic carbocycles. The molecule has 0 unspecified atom stereocenters. The summed E-state index contributed by atoms with van der Waals surface area (Å²) in [5.41, 5.74) is 1.71. The number of esters is 1. The zero-order valence-corrected chi connectivity index (χ0v) is 13.2. The first-order valence-corrected chi connectivity index (χ1v) is 7.92. The Bertz CT molecular complexity index is 581. The highest BCUT2D eigenvalue weighted by Crippen LogP contribution is 2.20. The number of hydrogen-bond acceptors (Lipinski definition) is 4. The quantitative estimate of drug-likeness (QED) is 0.752. The highest BCUT2D eigenvalue weighted by Gasteiger charge is 2.23. The van der Waals surface area contributed by atoms with Gasteiger partial charge in [-0.1, -0.05) is 17.7 Å². The van der Waals surface area contributed by atoms with E-state index in [1.54, 1.807) is 26.0 Å². The van der Waals surface area contributed by atoms with Crippen LogP contribution in [0.3, 0.4) is 0 Å². The summed E-state index contributed by atoms with van der Waals surface area (Å²) in [6.45, 7) is 5.79. The number of carbonyl (C=O) groups is 1. The second-order valence-electron chi connectivity index (χ2n) is 4.65. The number of hydrogen-bond donors (Lipinski definition) is 0. The summed E-state index contributed by atoms with van der Waals surface area (Å²) < 4.78 is 30.8. The molecule has 0 N–H and O–H groups in total. The zero-order chi connectivity index (χ0) is 15.3. The van der Waals surface area contributed by atoms with Gasteiger partial charge in [-0.05, 0) is 32.4 Å². The molecule has 0 heterocycles. The predicted octanol–water partition coefficient (Wildman–Crippen LogP) is 1.88. The fourth-order valence-corrected chi connectivity index (χ4v) is 3.23. The lowest BCUT2D eigenvalue weighted by Crippen LogP contribution is -2.30. The molecule has 0 spiro atoms. The van der Waals surface area contributed by atoms with Crippen LogP contribution in [-0.2, 0) is 19.6 Å². The molecule has 0 fully saturated rings. The van der Waals surface area contributed by atoms with E-state index >= 15 is 0 Å². The maximum absolute atomic E-state index is 12.4. The van der Waals surface area contributed by atoms with E-state index in [2.05, 4.69) is 0 Å². The van der Waals surface area contributed by atoms with Crippen molar-refractivity contribution in [1.82, 2.24) is 4.31 Å². The van der Waals surface area contributed by atoms with Crippen molar-refractivity contribution >= 4 is 16.0 Å². The minimum absolute atomic E-state index is 0.0501. The van der Waals surface area contributed by atoms with Gasteiger partial charge in [0.2, 0.25) is 10.0 Å². The van der Waals surface area contributed by atoms with Gasteiger partial charge >= 0.3 is 5.97 Å². The SMILES string of the molecule is CCOC(=O)CCN(C)S(=O)(=O)c1ccc(C)cc1C. The monoisotopic (exact) mass is 299 g/mol. The maximum atomic E-state index is 12.4. The van der Waals surface area contributed by atoms with Crippen LogP contribution in [0.4, 0.5) is 0 Å². The molecule has 0 saturated carbocycles. The molecule has 5 nitrogen and oxygen atoms in total. The van der Waals surface area contributed by atoms with E-state index in [1.807, 2.05) is 13.0 Å². The van der Waals surface area contributed by atoms with Crippen LogP contribution >= 0.6 is 0 Å². The van der Waals surface area contributed by atoms with Crippen molar-refractivity contribution in [3.8, 4) is 0 Å². The summed E-state index contributed by atoms with van der Waals surface area (Å²) >= 11 is 0. The second kappa shape index (κ2) is 6.85. The molecule has 0 aromatic heterocycles. The van der Waals surface area contributed by atoms with Gasteiger partial charge in [0.1, 0.15) is 0 Å². The molecule has 6 heteroatoms. The third-order valence-electron chi connectivity index (χ3n) is 2.95. The molecule has 0 amide bonds. The van der Waals surface area contributed by atoms with E-state index in [-0.39, 0.29) is 17.9 Å². The van der Waals surface area contributed by atoms with Crippen LogP contribution < -0.4 is 0 Å². The Hall–Kier alpha value is -1.40. The van der Waals surface area contributed by atoms with Gasteiger partial charge in [0.05, 0.1) is 17.9 Å². The average molecular weight is 299 g/mol. The van der Waals surface area contributed by atoms with Crippen LogP contribution in [0.1, 0.15) is 24.5 Å². The van der Waals surface area contributed by atoms with Crippen molar-refractivity contribution in [3.63, 3.8) is 0 Å². The molecular formula is C14H21NO4S. The van der Waals surface area contributed by atoms with Crippen molar-refractivity contribution in [3.05, 3.63) is 29.3 Å². The van der Waals surface area contributed by atoms with Crippen LogP contribution in [-0.4, -0.2) is 38.9 Å². The largest absolute Gasteiger partial charge is 0.466 e. The minimum atomic E-state index is -3.57. The Morgan fingerprint density at radius 3 is 2.50 bits per heavy atom. The molecular weight excluding hydrogens is 278 g/mol. The van der Waals surface area contributed by atoms with E-state index in [9.17, 15) is 13.2 Å². The van der Waals surface area contributed by atoms with Crippen LogP contribution in [0.2, 0.25) is 0 Å². The Morgan fingerprint density at radius 2 is 1.95 bits per heavy atom. The van der Waals surface area contributed by atoms with Crippen molar-refractivity contribution in [2.24, 2.45) is 0 Å².